The number of rotatable bonds is 1. The Morgan fingerprint density at radius 3 is 2.50 bits per heavy atom. The molecule has 0 bridgehead atoms. The number of hydrogen-bond acceptors (Lipinski definition) is 1. The SMILES string of the molecule is Cc1c(CN)n(C)c2ccccc12.Cl. The summed E-state index contributed by atoms with van der Waals surface area (Å²) < 4.78 is 2.17. The van der Waals surface area contributed by atoms with E-state index in [9.17, 15) is 0 Å². The molecule has 3 heteroatoms. The van der Waals surface area contributed by atoms with Gasteiger partial charge >= 0.3 is 0 Å². The Labute approximate surface area is 90.1 Å². The van der Waals surface area contributed by atoms with Crippen molar-refractivity contribution < 1.29 is 0 Å². The molecule has 1 aromatic carbocycles. The first-order valence-corrected chi connectivity index (χ1v) is 4.48. The van der Waals surface area contributed by atoms with Crippen LogP contribution in [-0.4, -0.2) is 4.57 Å². The van der Waals surface area contributed by atoms with Gasteiger partial charge in [0.05, 0.1) is 0 Å². The fourth-order valence-electron chi connectivity index (χ4n) is 1.93. The maximum atomic E-state index is 5.69. The fourth-order valence-corrected chi connectivity index (χ4v) is 1.93. The Bertz CT molecular complexity index is 407. The van der Waals surface area contributed by atoms with E-state index in [0.29, 0.717) is 6.54 Å². The average molecular weight is 211 g/mol. The van der Waals surface area contributed by atoms with Gasteiger partial charge in [0.25, 0.3) is 0 Å². The summed E-state index contributed by atoms with van der Waals surface area (Å²) in [4.78, 5) is 0. The number of para-hydroxylation sites is 1. The molecule has 76 valence electrons. The minimum absolute atomic E-state index is 0. The van der Waals surface area contributed by atoms with Crippen molar-refractivity contribution in [2.75, 3.05) is 0 Å². The maximum Gasteiger partial charge on any atom is 0.0483 e. The highest BCUT2D eigenvalue weighted by molar-refractivity contribution is 5.85. The molecule has 0 amide bonds. The normalized spacial score (nSPS) is 10.2. The predicted octanol–water partition coefficient (Wildman–Crippen LogP) is 2.37. The number of hydrogen-bond donors (Lipinski definition) is 1. The molecule has 14 heavy (non-hydrogen) atoms. The van der Waals surface area contributed by atoms with E-state index in [-0.39, 0.29) is 12.4 Å². The quantitative estimate of drug-likeness (QED) is 0.770. The minimum Gasteiger partial charge on any atom is -0.346 e. The third-order valence-corrected chi connectivity index (χ3v) is 2.70. The van der Waals surface area contributed by atoms with E-state index >= 15 is 0 Å². The number of nitrogens with zero attached hydrogens (tertiary/aromatic N) is 1. The highest BCUT2D eigenvalue weighted by atomic mass is 35.5. The third kappa shape index (κ3) is 1.41. The summed E-state index contributed by atoms with van der Waals surface area (Å²) in [5.41, 5.74) is 9.49. The van der Waals surface area contributed by atoms with Gasteiger partial charge in [0.1, 0.15) is 0 Å². The number of fused-ring (bicyclic) bond motifs is 1. The second kappa shape index (κ2) is 4.03. The van der Waals surface area contributed by atoms with E-state index in [4.69, 9.17) is 5.73 Å². The second-order valence-electron chi connectivity index (χ2n) is 3.35. The molecule has 0 saturated heterocycles. The number of halogens is 1. The van der Waals surface area contributed by atoms with Gasteiger partial charge in [0, 0.05) is 30.2 Å². The van der Waals surface area contributed by atoms with Crippen LogP contribution in [0.1, 0.15) is 11.3 Å². The zero-order valence-electron chi connectivity index (χ0n) is 8.45. The van der Waals surface area contributed by atoms with Gasteiger partial charge in [-0.2, -0.15) is 0 Å². The molecule has 0 spiro atoms. The van der Waals surface area contributed by atoms with Crippen molar-refractivity contribution >= 4 is 23.3 Å². The van der Waals surface area contributed by atoms with Gasteiger partial charge in [-0.15, -0.1) is 12.4 Å². The van der Waals surface area contributed by atoms with E-state index in [1.54, 1.807) is 0 Å². The standard InChI is InChI=1S/C11H14N2.ClH/c1-8-9-5-3-4-6-10(9)13(2)11(8)7-12;/h3-6H,7,12H2,1-2H3;1H. The maximum absolute atomic E-state index is 5.69. The first-order chi connectivity index (χ1) is 6.25. The zero-order chi connectivity index (χ0) is 9.42. The highest BCUT2D eigenvalue weighted by Crippen LogP contribution is 2.23. The number of aromatic nitrogens is 1. The third-order valence-electron chi connectivity index (χ3n) is 2.70. The summed E-state index contributed by atoms with van der Waals surface area (Å²) in [7, 11) is 2.07. The largest absolute Gasteiger partial charge is 0.346 e. The van der Waals surface area contributed by atoms with Crippen LogP contribution < -0.4 is 5.73 Å². The first kappa shape index (κ1) is 11.1. The molecule has 0 radical (unpaired) electrons. The van der Waals surface area contributed by atoms with Crippen molar-refractivity contribution in [2.24, 2.45) is 12.8 Å². The van der Waals surface area contributed by atoms with Crippen molar-refractivity contribution in [3.63, 3.8) is 0 Å². The van der Waals surface area contributed by atoms with E-state index in [0.717, 1.165) is 0 Å². The van der Waals surface area contributed by atoms with Gasteiger partial charge in [-0.3, -0.25) is 0 Å². The van der Waals surface area contributed by atoms with E-state index < -0.39 is 0 Å². The summed E-state index contributed by atoms with van der Waals surface area (Å²) in [6.07, 6.45) is 0. The Morgan fingerprint density at radius 2 is 1.93 bits per heavy atom. The van der Waals surface area contributed by atoms with Gasteiger partial charge in [0.2, 0.25) is 0 Å². The van der Waals surface area contributed by atoms with Crippen LogP contribution in [0.2, 0.25) is 0 Å². The molecule has 2 aromatic rings. The molecule has 0 aliphatic rings. The van der Waals surface area contributed by atoms with Crippen LogP contribution in [-0.2, 0) is 13.6 Å². The number of benzene rings is 1. The Kier molecular flexibility index (Phi) is 3.19. The average Bonchev–Trinajstić information content (AvgIpc) is 2.41. The van der Waals surface area contributed by atoms with Crippen molar-refractivity contribution in [1.29, 1.82) is 0 Å². The molecular formula is C11H15ClN2. The number of aryl methyl sites for hydroxylation is 2. The van der Waals surface area contributed by atoms with Crippen LogP contribution in [0.15, 0.2) is 24.3 Å². The predicted molar refractivity (Wildman–Crippen MR) is 62.8 cm³/mol. The lowest BCUT2D eigenvalue weighted by molar-refractivity contribution is 0.841. The molecule has 0 atom stereocenters. The Hall–Kier alpha value is -0.990. The zero-order valence-corrected chi connectivity index (χ0v) is 9.27. The highest BCUT2D eigenvalue weighted by Gasteiger charge is 2.08. The van der Waals surface area contributed by atoms with E-state index in [2.05, 4.69) is 42.8 Å². The number of nitrogens with two attached hydrogens (primary N) is 1. The van der Waals surface area contributed by atoms with Crippen molar-refractivity contribution in [3.8, 4) is 0 Å². The van der Waals surface area contributed by atoms with E-state index in [1.807, 2.05) is 0 Å². The molecule has 0 aliphatic heterocycles. The Balaban J connectivity index is 0.000000980. The molecule has 0 fully saturated rings. The van der Waals surface area contributed by atoms with Crippen LogP contribution in [0.25, 0.3) is 10.9 Å². The van der Waals surface area contributed by atoms with Crippen molar-refractivity contribution in [1.82, 2.24) is 4.57 Å². The molecule has 1 heterocycles. The van der Waals surface area contributed by atoms with Crippen LogP contribution in [0.5, 0.6) is 0 Å². The van der Waals surface area contributed by atoms with Gasteiger partial charge in [-0.25, -0.2) is 0 Å². The van der Waals surface area contributed by atoms with E-state index in [1.165, 1.54) is 22.2 Å². The summed E-state index contributed by atoms with van der Waals surface area (Å²) in [6, 6.07) is 8.39. The summed E-state index contributed by atoms with van der Waals surface area (Å²) >= 11 is 0. The first-order valence-electron chi connectivity index (χ1n) is 4.48. The van der Waals surface area contributed by atoms with Gasteiger partial charge < -0.3 is 10.3 Å². The lowest BCUT2D eigenvalue weighted by atomic mass is 10.1. The topological polar surface area (TPSA) is 30.9 Å². The molecule has 2 N–H and O–H groups in total. The lowest BCUT2D eigenvalue weighted by Gasteiger charge is -2.00. The van der Waals surface area contributed by atoms with Crippen LogP contribution in [0.4, 0.5) is 0 Å². The molecule has 2 rings (SSSR count). The van der Waals surface area contributed by atoms with Gasteiger partial charge in [-0.05, 0) is 18.6 Å². The summed E-state index contributed by atoms with van der Waals surface area (Å²) in [5.74, 6) is 0. The summed E-state index contributed by atoms with van der Waals surface area (Å²) in [6.45, 7) is 2.74. The van der Waals surface area contributed by atoms with Crippen LogP contribution in [0, 0.1) is 6.92 Å². The van der Waals surface area contributed by atoms with Crippen LogP contribution in [0.3, 0.4) is 0 Å². The summed E-state index contributed by atoms with van der Waals surface area (Å²) in [5, 5.41) is 1.31. The molecule has 0 unspecified atom stereocenters. The molecule has 0 saturated carbocycles. The Morgan fingerprint density at radius 1 is 1.29 bits per heavy atom. The lowest BCUT2D eigenvalue weighted by Crippen LogP contribution is -2.04. The molecule has 0 aliphatic carbocycles. The monoisotopic (exact) mass is 210 g/mol. The fraction of sp³-hybridized carbons (Fsp3) is 0.273. The van der Waals surface area contributed by atoms with Crippen molar-refractivity contribution in [3.05, 3.63) is 35.5 Å². The van der Waals surface area contributed by atoms with Gasteiger partial charge in [-0.1, -0.05) is 18.2 Å². The second-order valence-corrected chi connectivity index (χ2v) is 3.35. The molecular weight excluding hydrogens is 196 g/mol. The van der Waals surface area contributed by atoms with Crippen LogP contribution >= 0.6 is 12.4 Å². The molecule has 2 nitrogen and oxygen atoms in total. The minimum atomic E-state index is 0. The smallest absolute Gasteiger partial charge is 0.0483 e. The van der Waals surface area contributed by atoms with Gasteiger partial charge in [0.15, 0.2) is 0 Å². The van der Waals surface area contributed by atoms with Crippen molar-refractivity contribution in [2.45, 2.75) is 13.5 Å². The molecule has 1 aromatic heterocycles.